The van der Waals surface area contributed by atoms with Crippen molar-refractivity contribution in [2.75, 3.05) is 14.2 Å². The van der Waals surface area contributed by atoms with Gasteiger partial charge in [0.15, 0.2) is 0 Å². The van der Waals surface area contributed by atoms with E-state index in [4.69, 9.17) is 9.47 Å². The Bertz CT molecular complexity index is 576. The Morgan fingerprint density at radius 1 is 1.14 bits per heavy atom. The molecule has 0 spiro atoms. The number of rotatable bonds is 4. The Morgan fingerprint density at radius 2 is 1.76 bits per heavy atom. The van der Waals surface area contributed by atoms with Gasteiger partial charge < -0.3 is 9.47 Å². The second kappa shape index (κ2) is 5.53. The lowest BCUT2D eigenvalue weighted by Gasteiger charge is -2.38. The summed E-state index contributed by atoms with van der Waals surface area (Å²) in [5.74, 6) is 1.57. The molecule has 0 saturated heterocycles. The number of ether oxygens (including phenoxy) is 2. The van der Waals surface area contributed by atoms with Gasteiger partial charge in [-0.2, -0.15) is 4.99 Å². The number of carbonyl (C=O) groups excluding carboxylic acids is 1. The number of methoxy groups -OCH3 is 2. The molecule has 2 rings (SSSR count). The topological polar surface area (TPSA) is 47.9 Å². The van der Waals surface area contributed by atoms with Crippen LogP contribution in [0.15, 0.2) is 17.1 Å². The lowest BCUT2D eigenvalue weighted by atomic mass is 9.71. The van der Waals surface area contributed by atoms with Crippen LogP contribution in [0.25, 0.3) is 0 Å². The molecule has 0 aromatic heterocycles. The smallest absolute Gasteiger partial charge is 0.235 e. The summed E-state index contributed by atoms with van der Waals surface area (Å²) >= 11 is 0. The van der Waals surface area contributed by atoms with Crippen molar-refractivity contribution in [2.24, 2.45) is 4.99 Å². The van der Waals surface area contributed by atoms with Gasteiger partial charge in [-0.15, -0.1) is 0 Å². The van der Waals surface area contributed by atoms with Crippen molar-refractivity contribution >= 4 is 6.08 Å². The molecule has 1 fully saturated rings. The molecule has 0 radical (unpaired) electrons. The van der Waals surface area contributed by atoms with Crippen molar-refractivity contribution in [3.8, 4) is 11.5 Å². The largest absolute Gasteiger partial charge is 0.496 e. The highest BCUT2D eigenvalue weighted by Gasteiger charge is 2.42. The van der Waals surface area contributed by atoms with Crippen LogP contribution in [0.3, 0.4) is 0 Å². The van der Waals surface area contributed by atoms with E-state index >= 15 is 0 Å². The Hall–Kier alpha value is -1.80. The summed E-state index contributed by atoms with van der Waals surface area (Å²) < 4.78 is 11.1. The third kappa shape index (κ3) is 2.68. The number of isocyanates is 1. The molecule has 0 bridgehead atoms. The third-order valence-electron chi connectivity index (χ3n) is 4.27. The summed E-state index contributed by atoms with van der Waals surface area (Å²) in [7, 11) is 3.31. The van der Waals surface area contributed by atoms with Crippen LogP contribution in [0.4, 0.5) is 0 Å². The Labute approximate surface area is 126 Å². The van der Waals surface area contributed by atoms with Gasteiger partial charge in [-0.1, -0.05) is 20.8 Å². The zero-order valence-electron chi connectivity index (χ0n) is 13.4. The van der Waals surface area contributed by atoms with Crippen molar-refractivity contribution in [3.05, 3.63) is 23.3 Å². The highest BCUT2D eigenvalue weighted by atomic mass is 16.5. The second-order valence-electron chi connectivity index (χ2n) is 6.59. The van der Waals surface area contributed by atoms with Gasteiger partial charge in [0.05, 0.1) is 14.2 Å². The average Bonchev–Trinajstić information content (AvgIpc) is 2.40. The SMILES string of the molecule is COc1cc(C2(N=C=O)CCC2)c(OC)cc1C(C)(C)C. The van der Waals surface area contributed by atoms with Gasteiger partial charge in [-0.3, -0.25) is 0 Å². The fourth-order valence-electron chi connectivity index (χ4n) is 2.89. The molecule has 0 unspecified atom stereocenters. The first-order chi connectivity index (χ1) is 9.88. The van der Waals surface area contributed by atoms with Crippen LogP contribution in [-0.4, -0.2) is 20.3 Å². The lowest BCUT2D eigenvalue weighted by molar-refractivity contribution is 0.244. The van der Waals surface area contributed by atoms with E-state index in [1.54, 1.807) is 20.3 Å². The monoisotopic (exact) mass is 289 g/mol. The van der Waals surface area contributed by atoms with Gasteiger partial charge in [0.2, 0.25) is 6.08 Å². The Kier molecular flexibility index (Phi) is 4.11. The van der Waals surface area contributed by atoms with Crippen LogP contribution in [0, 0.1) is 0 Å². The van der Waals surface area contributed by atoms with Gasteiger partial charge in [0, 0.05) is 11.1 Å². The van der Waals surface area contributed by atoms with E-state index in [2.05, 4.69) is 25.8 Å². The van der Waals surface area contributed by atoms with Crippen LogP contribution >= 0.6 is 0 Å². The minimum Gasteiger partial charge on any atom is -0.496 e. The molecular formula is C17H23NO3. The van der Waals surface area contributed by atoms with Crippen LogP contribution in [0.1, 0.15) is 51.2 Å². The Balaban J connectivity index is 2.65. The maximum atomic E-state index is 10.8. The van der Waals surface area contributed by atoms with Crippen LogP contribution in [-0.2, 0) is 15.7 Å². The molecule has 4 nitrogen and oxygen atoms in total. The molecular weight excluding hydrogens is 266 g/mol. The van der Waals surface area contributed by atoms with E-state index in [9.17, 15) is 4.79 Å². The number of nitrogens with zero attached hydrogens (tertiary/aromatic N) is 1. The standard InChI is InChI=1S/C17H23NO3/c1-16(2,3)12-9-15(21-5)13(10-14(12)20-4)17(18-11-19)7-6-8-17/h9-10H,6-8H2,1-5H3. The molecule has 1 saturated carbocycles. The zero-order valence-corrected chi connectivity index (χ0v) is 13.4. The number of aliphatic imine (C=N–C) groups is 1. The number of hydrogen-bond donors (Lipinski definition) is 0. The van der Waals surface area contributed by atoms with E-state index in [0.29, 0.717) is 0 Å². The maximum absolute atomic E-state index is 10.8. The normalized spacial score (nSPS) is 16.6. The van der Waals surface area contributed by atoms with Gasteiger partial charge in [-0.05, 0) is 36.8 Å². The molecule has 4 heteroatoms. The lowest BCUT2D eigenvalue weighted by Crippen LogP contribution is -2.32. The van der Waals surface area contributed by atoms with Gasteiger partial charge in [0.25, 0.3) is 0 Å². The van der Waals surface area contributed by atoms with Crippen molar-refractivity contribution in [3.63, 3.8) is 0 Å². The van der Waals surface area contributed by atoms with Crippen molar-refractivity contribution in [2.45, 2.75) is 51.0 Å². The molecule has 1 aliphatic rings. The summed E-state index contributed by atoms with van der Waals surface area (Å²) in [5.41, 5.74) is 1.45. The zero-order chi connectivity index (χ0) is 15.7. The summed E-state index contributed by atoms with van der Waals surface area (Å²) in [4.78, 5) is 14.9. The van der Waals surface area contributed by atoms with E-state index < -0.39 is 5.54 Å². The molecule has 0 aliphatic heterocycles. The fraction of sp³-hybridized carbons (Fsp3) is 0.588. The molecule has 0 heterocycles. The van der Waals surface area contributed by atoms with E-state index in [-0.39, 0.29) is 5.41 Å². The first kappa shape index (κ1) is 15.6. The van der Waals surface area contributed by atoms with Crippen molar-refractivity contribution < 1.29 is 14.3 Å². The van der Waals surface area contributed by atoms with Crippen LogP contribution in [0.2, 0.25) is 0 Å². The minimum atomic E-state index is -0.489. The average molecular weight is 289 g/mol. The van der Waals surface area contributed by atoms with E-state index in [1.807, 2.05) is 12.1 Å². The highest BCUT2D eigenvalue weighted by Crippen LogP contribution is 2.50. The fourth-order valence-corrected chi connectivity index (χ4v) is 2.89. The molecule has 0 N–H and O–H groups in total. The maximum Gasteiger partial charge on any atom is 0.235 e. The first-order valence-corrected chi connectivity index (χ1v) is 7.24. The summed E-state index contributed by atoms with van der Waals surface area (Å²) in [6.07, 6.45) is 4.46. The quantitative estimate of drug-likeness (QED) is 0.627. The summed E-state index contributed by atoms with van der Waals surface area (Å²) in [5, 5.41) is 0. The first-order valence-electron chi connectivity index (χ1n) is 7.24. The Morgan fingerprint density at radius 3 is 2.14 bits per heavy atom. The predicted molar refractivity (Wildman–Crippen MR) is 81.9 cm³/mol. The summed E-state index contributed by atoms with van der Waals surface area (Å²) in [6.45, 7) is 6.39. The van der Waals surface area contributed by atoms with Crippen LogP contribution in [0.5, 0.6) is 11.5 Å². The van der Waals surface area contributed by atoms with E-state index in [1.165, 1.54) is 0 Å². The molecule has 0 atom stereocenters. The summed E-state index contributed by atoms with van der Waals surface area (Å²) in [6, 6.07) is 3.98. The van der Waals surface area contributed by atoms with Crippen LogP contribution < -0.4 is 9.47 Å². The van der Waals surface area contributed by atoms with Gasteiger partial charge >= 0.3 is 0 Å². The molecule has 21 heavy (non-hydrogen) atoms. The second-order valence-corrected chi connectivity index (χ2v) is 6.59. The molecule has 1 aromatic carbocycles. The van der Waals surface area contributed by atoms with Gasteiger partial charge in [0.1, 0.15) is 17.0 Å². The number of benzene rings is 1. The molecule has 1 aliphatic carbocycles. The predicted octanol–water partition coefficient (Wildman–Crippen LogP) is 3.72. The van der Waals surface area contributed by atoms with Crippen molar-refractivity contribution in [1.82, 2.24) is 0 Å². The molecule has 114 valence electrons. The van der Waals surface area contributed by atoms with Crippen molar-refractivity contribution in [1.29, 1.82) is 0 Å². The minimum absolute atomic E-state index is 0.0577. The molecule has 1 aromatic rings. The van der Waals surface area contributed by atoms with E-state index in [0.717, 1.165) is 41.9 Å². The number of hydrogen-bond acceptors (Lipinski definition) is 4. The molecule has 0 amide bonds. The third-order valence-corrected chi connectivity index (χ3v) is 4.27. The highest BCUT2D eigenvalue weighted by molar-refractivity contribution is 5.54. The van der Waals surface area contributed by atoms with Gasteiger partial charge in [-0.25, -0.2) is 4.79 Å².